The second-order valence-electron chi connectivity index (χ2n) is 21.1. The summed E-state index contributed by atoms with van der Waals surface area (Å²) in [6.07, 6.45) is 15.6. The molecule has 3 heterocycles. The van der Waals surface area contributed by atoms with Gasteiger partial charge in [0, 0.05) is 6.42 Å². The maximum atomic E-state index is 13.3. The van der Waals surface area contributed by atoms with E-state index in [1.165, 1.54) is 109 Å². The minimum atomic E-state index is -1.98. The predicted molar refractivity (Wildman–Crippen MR) is 286 cm³/mol. The Bertz CT molecular complexity index is 1540. The fourth-order valence-corrected chi connectivity index (χ4v) is 9.81. The SMILES string of the molecule is CCCCCCCCCCC/C=C/CC/C=C/CC/C=C/C(O)C(COC1OC(CO)C(OC2OC(CO)C(OC3OC(CO)C(O)C(O)C3O)C(O)C2O)C(O)C1O)NC(=O)CCCCCCCCCCCCCC. The Balaban J connectivity index is 1.53. The van der Waals surface area contributed by atoms with Gasteiger partial charge < -0.3 is 89.9 Å². The number of hydrogen-bond donors (Lipinski definition) is 12. The third-order valence-electron chi connectivity index (χ3n) is 14.7. The van der Waals surface area contributed by atoms with Crippen molar-refractivity contribution < 1.29 is 89.4 Å². The van der Waals surface area contributed by atoms with E-state index in [1.54, 1.807) is 6.08 Å². The van der Waals surface area contributed by atoms with Gasteiger partial charge in [-0.2, -0.15) is 0 Å². The fourth-order valence-electron chi connectivity index (χ4n) is 9.81. The quantitative estimate of drug-likeness (QED) is 0.0295. The number of ether oxygens (including phenoxy) is 6. The van der Waals surface area contributed by atoms with Crippen LogP contribution in [0.15, 0.2) is 36.5 Å². The highest BCUT2D eigenvalue weighted by molar-refractivity contribution is 5.76. The number of carbonyl (C=O) groups is 1. The van der Waals surface area contributed by atoms with Crippen molar-refractivity contribution in [2.75, 3.05) is 26.4 Å². The van der Waals surface area contributed by atoms with Crippen LogP contribution in [0.5, 0.6) is 0 Å². The molecule has 76 heavy (non-hydrogen) atoms. The Morgan fingerprint density at radius 2 is 0.842 bits per heavy atom. The molecule has 19 heteroatoms. The van der Waals surface area contributed by atoms with Crippen molar-refractivity contribution in [3.05, 3.63) is 36.5 Å². The predicted octanol–water partition coefficient (Wildman–Crippen LogP) is 4.54. The number of amides is 1. The van der Waals surface area contributed by atoms with Crippen molar-refractivity contribution >= 4 is 5.91 Å². The highest BCUT2D eigenvalue weighted by Crippen LogP contribution is 2.33. The minimum Gasteiger partial charge on any atom is -0.394 e. The summed E-state index contributed by atoms with van der Waals surface area (Å²) >= 11 is 0. The zero-order valence-electron chi connectivity index (χ0n) is 46.0. The number of carbonyl (C=O) groups excluding carboxylic acids is 1. The molecule has 3 aliphatic heterocycles. The van der Waals surface area contributed by atoms with Gasteiger partial charge in [0.1, 0.15) is 73.2 Å². The van der Waals surface area contributed by atoms with Gasteiger partial charge in [0.05, 0.1) is 38.6 Å². The Morgan fingerprint density at radius 3 is 1.32 bits per heavy atom. The summed E-state index contributed by atoms with van der Waals surface area (Å²) in [5.41, 5.74) is 0. The van der Waals surface area contributed by atoms with Crippen molar-refractivity contribution in [2.24, 2.45) is 0 Å². The molecule has 12 N–H and O–H groups in total. The summed E-state index contributed by atoms with van der Waals surface area (Å²) in [5.74, 6) is -0.291. The molecule has 0 aromatic heterocycles. The van der Waals surface area contributed by atoms with Gasteiger partial charge in [-0.3, -0.25) is 4.79 Å². The van der Waals surface area contributed by atoms with Gasteiger partial charge in [-0.15, -0.1) is 0 Å². The molecule has 444 valence electrons. The van der Waals surface area contributed by atoms with Crippen molar-refractivity contribution in [1.29, 1.82) is 0 Å². The van der Waals surface area contributed by atoms with E-state index in [0.717, 1.165) is 44.9 Å². The van der Waals surface area contributed by atoms with Crippen LogP contribution >= 0.6 is 0 Å². The van der Waals surface area contributed by atoms with Gasteiger partial charge in [0.15, 0.2) is 18.9 Å². The molecule has 3 fully saturated rings. The molecule has 0 aromatic carbocycles. The monoisotopic (exact) mass is 1090 g/mol. The summed E-state index contributed by atoms with van der Waals surface area (Å²) in [4.78, 5) is 13.3. The van der Waals surface area contributed by atoms with Crippen LogP contribution in [0.3, 0.4) is 0 Å². The number of hydrogen-bond acceptors (Lipinski definition) is 18. The molecule has 0 aromatic rings. The van der Waals surface area contributed by atoms with Crippen LogP contribution in [-0.4, -0.2) is 193 Å². The molecule has 19 nitrogen and oxygen atoms in total. The summed E-state index contributed by atoms with van der Waals surface area (Å²) in [7, 11) is 0. The van der Waals surface area contributed by atoms with Crippen LogP contribution in [0, 0.1) is 0 Å². The van der Waals surface area contributed by atoms with Crippen LogP contribution in [0.1, 0.15) is 187 Å². The van der Waals surface area contributed by atoms with Gasteiger partial charge in [-0.05, 0) is 44.9 Å². The molecular weight excluding hydrogens is 987 g/mol. The molecule has 0 saturated carbocycles. The normalized spacial score (nSPS) is 31.2. The lowest BCUT2D eigenvalue weighted by Gasteiger charge is -2.48. The van der Waals surface area contributed by atoms with E-state index >= 15 is 0 Å². The highest BCUT2D eigenvalue weighted by atomic mass is 16.8. The fraction of sp³-hybridized carbons (Fsp3) is 0.877. The first-order valence-electron chi connectivity index (χ1n) is 29.2. The second-order valence-corrected chi connectivity index (χ2v) is 21.1. The zero-order chi connectivity index (χ0) is 55.5. The van der Waals surface area contributed by atoms with Gasteiger partial charge in [0.2, 0.25) is 5.91 Å². The van der Waals surface area contributed by atoms with Crippen molar-refractivity contribution in [2.45, 2.75) is 291 Å². The first-order chi connectivity index (χ1) is 36.8. The number of aliphatic hydroxyl groups is 11. The van der Waals surface area contributed by atoms with E-state index in [4.69, 9.17) is 28.4 Å². The van der Waals surface area contributed by atoms with E-state index in [9.17, 15) is 61.0 Å². The van der Waals surface area contributed by atoms with Crippen LogP contribution in [0.2, 0.25) is 0 Å². The number of aliphatic hydroxyl groups excluding tert-OH is 11. The summed E-state index contributed by atoms with van der Waals surface area (Å²) in [6.45, 7) is 1.67. The van der Waals surface area contributed by atoms with Gasteiger partial charge >= 0.3 is 0 Å². The van der Waals surface area contributed by atoms with E-state index in [1.807, 2.05) is 6.08 Å². The summed E-state index contributed by atoms with van der Waals surface area (Å²) in [6, 6.07) is -0.991. The van der Waals surface area contributed by atoms with E-state index < -0.39 is 124 Å². The number of nitrogens with one attached hydrogen (secondary N) is 1. The molecule has 3 saturated heterocycles. The van der Waals surface area contributed by atoms with E-state index in [-0.39, 0.29) is 18.9 Å². The second kappa shape index (κ2) is 41.1. The molecule has 0 bridgehead atoms. The number of unbranched alkanes of at least 4 members (excludes halogenated alkanes) is 22. The smallest absolute Gasteiger partial charge is 0.220 e. The first kappa shape index (κ1) is 68.3. The Morgan fingerprint density at radius 1 is 0.461 bits per heavy atom. The van der Waals surface area contributed by atoms with Crippen molar-refractivity contribution in [3.8, 4) is 0 Å². The Kier molecular flexibility index (Phi) is 36.9. The molecule has 17 atom stereocenters. The van der Waals surface area contributed by atoms with E-state index in [2.05, 4.69) is 43.5 Å². The lowest BCUT2D eigenvalue weighted by Crippen LogP contribution is -2.66. The summed E-state index contributed by atoms with van der Waals surface area (Å²) in [5, 5.41) is 120. The lowest BCUT2D eigenvalue weighted by atomic mass is 9.96. The maximum Gasteiger partial charge on any atom is 0.220 e. The number of rotatable bonds is 42. The highest BCUT2D eigenvalue weighted by Gasteiger charge is 2.53. The maximum absolute atomic E-state index is 13.3. The summed E-state index contributed by atoms with van der Waals surface area (Å²) < 4.78 is 34.2. The lowest BCUT2D eigenvalue weighted by molar-refractivity contribution is -0.379. The van der Waals surface area contributed by atoms with Gasteiger partial charge in [-0.1, -0.05) is 172 Å². The molecule has 1 amide bonds. The largest absolute Gasteiger partial charge is 0.394 e. The molecule has 0 spiro atoms. The van der Waals surface area contributed by atoms with Crippen LogP contribution < -0.4 is 5.32 Å². The van der Waals surface area contributed by atoms with Gasteiger partial charge in [-0.25, -0.2) is 0 Å². The minimum absolute atomic E-state index is 0.234. The Hall–Kier alpha value is -1.99. The molecule has 3 aliphatic rings. The van der Waals surface area contributed by atoms with E-state index in [0.29, 0.717) is 12.8 Å². The average molecular weight is 1090 g/mol. The molecule has 17 unspecified atom stereocenters. The van der Waals surface area contributed by atoms with Crippen LogP contribution in [0.25, 0.3) is 0 Å². The third-order valence-corrected chi connectivity index (χ3v) is 14.7. The number of allylic oxidation sites excluding steroid dienone is 5. The Labute approximate surface area is 453 Å². The zero-order valence-corrected chi connectivity index (χ0v) is 46.0. The van der Waals surface area contributed by atoms with Gasteiger partial charge in [0.25, 0.3) is 0 Å². The van der Waals surface area contributed by atoms with Crippen molar-refractivity contribution in [1.82, 2.24) is 5.32 Å². The van der Waals surface area contributed by atoms with Crippen LogP contribution in [-0.2, 0) is 33.2 Å². The third kappa shape index (κ3) is 25.2. The standard InChI is InChI=1S/C57H103NO18/c1-3-5-7-9-11-13-15-17-18-19-20-21-22-23-24-26-28-30-32-34-41(62)40(58-45(63)35-33-31-29-27-25-16-14-12-10-8-6-4-2)39-71-55-51(69)48(66)53(43(37-60)73-55)76-57-52(70)49(67)54(44(38-61)74-57)75-56-50(68)47(65)46(64)42(36-59)72-56/h20-21,24,26,32,34,40-44,46-57,59-62,64-70H,3-19,22-23,25,27-31,33,35-39H2,1-2H3,(H,58,63)/b21-20+,26-24+,34-32+. The average Bonchev–Trinajstić information content (AvgIpc) is 3.42. The molecule has 0 radical (unpaired) electrons. The molecule has 3 rings (SSSR count). The van der Waals surface area contributed by atoms with Crippen molar-refractivity contribution in [3.63, 3.8) is 0 Å². The topological polar surface area (TPSA) is 307 Å². The first-order valence-corrected chi connectivity index (χ1v) is 29.2. The molecular formula is C57H103NO18. The molecule has 0 aliphatic carbocycles. The van der Waals surface area contributed by atoms with Crippen LogP contribution in [0.4, 0.5) is 0 Å².